The van der Waals surface area contributed by atoms with Crippen LogP contribution in [0.3, 0.4) is 0 Å². The number of carbonyl (C=O) groups excluding carboxylic acids is 2. The van der Waals surface area contributed by atoms with Gasteiger partial charge in [0.1, 0.15) is 0 Å². The fraction of sp³-hybridized carbons (Fsp3) is 0.118. The Morgan fingerprint density at radius 2 is 1.54 bits per heavy atom. The first kappa shape index (κ1) is 20.9. The van der Waals surface area contributed by atoms with Crippen LogP contribution in [-0.2, 0) is 21.9 Å². The maximum Gasteiger partial charge on any atom is 0.417 e. The largest absolute Gasteiger partial charge is 0.417 e. The van der Waals surface area contributed by atoms with Gasteiger partial charge >= 0.3 is 24.2 Å². The molecule has 0 atom stereocenters. The van der Waals surface area contributed by atoms with Crippen molar-refractivity contribution in [3.63, 3.8) is 0 Å². The van der Waals surface area contributed by atoms with Gasteiger partial charge in [-0.3, -0.25) is 9.59 Å². The van der Waals surface area contributed by atoms with Crippen molar-refractivity contribution in [3.8, 4) is 0 Å². The average Bonchev–Trinajstić information content (AvgIpc) is 2.60. The van der Waals surface area contributed by atoms with Gasteiger partial charge in [-0.2, -0.15) is 31.4 Å². The lowest BCUT2D eigenvalue weighted by molar-refractivity contribution is -0.138. The number of hydrogen-bond donors (Lipinski definition) is 2. The molecule has 0 unspecified atom stereocenters. The molecule has 0 spiro atoms. The number of nitrogens with zero attached hydrogens (tertiary/aromatic N) is 1. The monoisotopic (exact) mass is 403 g/mol. The van der Waals surface area contributed by atoms with E-state index in [1.165, 1.54) is 12.1 Å². The van der Waals surface area contributed by atoms with E-state index in [-0.39, 0.29) is 11.3 Å². The molecule has 2 aromatic rings. The van der Waals surface area contributed by atoms with Crippen LogP contribution in [0.15, 0.2) is 53.6 Å². The van der Waals surface area contributed by atoms with Gasteiger partial charge in [0.05, 0.1) is 17.3 Å². The molecular formula is C17H11F6N3O2. The molecule has 0 aliphatic heterocycles. The van der Waals surface area contributed by atoms with Crippen molar-refractivity contribution in [2.24, 2.45) is 5.10 Å². The molecule has 2 rings (SSSR count). The average molecular weight is 403 g/mol. The maximum atomic E-state index is 12.8. The van der Waals surface area contributed by atoms with E-state index in [0.717, 1.165) is 30.3 Å². The molecule has 28 heavy (non-hydrogen) atoms. The summed E-state index contributed by atoms with van der Waals surface area (Å²) in [7, 11) is 0. The number of anilines is 1. The second kappa shape index (κ2) is 8.11. The summed E-state index contributed by atoms with van der Waals surface area (Å²) in [5, 5.41) is 5.20. The molecule has 0 aromatic heterocycles. The highest BCUT2D eigenvalue weighted by Crippen LogP contribution is 2.31. The Morgan fingerprint density at radius 1 is 0.857 bits per heavy atom. The summed E-state index contributed by atoms with van der Waals surface area (Å²) in [5.41, 5.74) is -0.973. The summed E-state index contributed by atoms with van der Waals surface area (Å²) in [6.45, 7) is 0. The molecular weight excluding hydrogens is 392 g/mol. The van der Waals surface area contributed by atoms with Crippen molar-refractivity contribution in [1.29, 1.82) is 0 Å². The van der Waals surface area contributed by atoms with E-state index in [0.29, 0.717) is 12.3 Å². The van der Waals surface area contributed by atoms with Crippen molar-refractivity contribution in [2.45, 2.75) is 12.4 Å². The van der Waals surface area contributed by atoms with E-state index < -0.39 is 35.3 Å². The third-order valence-corrected chi connectivity index (χ3v) is 3.29. The molecule has 0 bridgehead atoms. The standard InChI is InChI=1S/C17H11F6N3O2/c18-16(19,20)11-5-3-6-12(8-11)25-14(27)15(28)26-24-9-10-4-1-2-7-13(10)17(21,22)23/h1-9H,(H,25,27)(H,26,28)/b24-9-. The van der Waals surface area contributed by atoms with Crippen LogP contribution in [0.5, 0.6) is 0 Å². The molecule has 5 nitrogen and oxygen atoms in total. The molecule has 0 saturated carbocycles. The van der Waals surface area contributed by atoms with Crippen molar-refractivity contribution in [2.75, 3.05) is 5.32 Å². The first-order valence-corrected chi connectivity index (χ1v) is 7.46. The van der Waals surface area contributed by atoms with E-state index in [2.05, 4.69) is 5.10 Å². The Balaban J connectivity index is 2.03. The Bertz CT molecular complexity index is 906. The number of carbonyl (C=O) groups is 2. The number of nitrogens with one attached hydrogen (secondary N) is 2. The van der Waals surface area contributed by atoms with Gasteiger partial charge in [-0.05, 0) is 24.3 Å². The zero-order valence-electron chi connectivity index (χ0n) is 13.7. The molecule has 0 saturated heterocycles. The third kappa shape index (κ3) is 5.56. The number of hydrogen-bond acceptors (Lipinski definition) is 3. The van der Waals surface area contributed by atoms with Crippen LogP contribution in [0.25, 0.3) is 0 Å². The lowest BCUT2D eigenvalue weighted by Crippen LogP contribution is -2.32. The summed E-state index contributed by atoms with van der Waals surface area (Å²) in [4.78, 5) is 23.3. The van der Waals surface area contributed by atoms with Crippen LogP contribution in [0.2, 0.25) is 0 Å². The third-order valence-electron chi connectivity index (χ3n) is 3.29. The lowest BCUT2D eigenvalue weighted by atomic mass is 10.1. The fourth-order valence-electron chi connectivity index (χ4n) is 2.04. The van der Waals surface area contributed by atoms with Gasteiger partial charge in [0.2, 0.25) is 0 Å². The van der Waals surface area contributed by atoms with Crippen LogP contribution in [0, 0.1) is 0 Å². The number of hydrazone groups is 1. The molecule has 2 N–H and O–H groups in total. The minimum atomic E-state index is -4.65. The van der Waals surface area contributed by atoms with Gasteiger partial charge in [-0.1, -0.05) is 24.3 Å². The highest BCUT2D eigenvalue weighted by atomic mass is 19.4. The number of benzene rings is 2. The Kier molecular flexibility index (Phi) is 6.06. The highest BCUT2D eigenvalue weighted by molar-refractivity contribution is 6.39. The summed E-state index contributed by atoms with van der Waals surface area (Å²) in [5.74, 6) is -2.72. The Labute approximate surface area is 154 Å². The quantitative estimate of drug-likeness (QED) is 0.354. The molecule has 0 radical (unpaired) electrons. The fourth-order valence-corrected chi connectivity index (χ4v) is 2.04. The van der Waals surface area contributed by atoms with Gasteiger partial charge in [-0.25, -0.2) is 5.43 Å². The first-order valence-electron chi connectivity index (χ1n) is 7.46. The predicted molar refractivity (Wildman–Crippen MR) is 87.3 cm³/mol. The lowest BCUT2D eigenvalue weighted by Gasteiger charge is -2.10. The summed E-state index contributed by atoms with van der Waals surface area (Å²) >= 11 is 0. The van der Waals surface area contributed by atoms with Gasteiger partial charge < -0.3 is 5.32 Å². The summed E-state index contributed by atoms with van der Waals surface area (Å²) < 4.78 is 76.3. The molecule has 2 aromatic carbocycles. The zero-order valence-corrected chi connectivity index (χ0v) is 13.7. The summed E-state index contributed by atoms with van der Waals surface area (Å²) in [6, 6.07) is 7.95. The zero-order chi connectivity index (χ0) is 20.9. The van der Waals surface area contributed by atoms with Gasteiger partial charge in [0.15, 0.2) is 0 Å². The van der Waals surface area contributed by atoms with E-state index in [4.69, 9.17) is 0 Å². The number of alkyl halides is 6. The van der Waals surface area contributed by atoms with Crippen LogP contribution >= 0.6 is 0 Å². The van der Waals surface area contributed by atoms with Gasteiger partial charge in [0.25, 0.3) is 0 Å². The number of amides is 2. The predicted octanol–water partition coefficient (Wildman–Crippen LogP) is 3.81. The van der Waals surface area contributed by atoms with Crippen molar-refractivity contribution in [1.82, 2.24) is 5.43 Å². The molecule has 0 aliphatic rings. The minimum Gasteiger partial charge on any atom is -0.318 e. The minimum absolute atomic E-state index is 0.290. The summed E-state index contributed by atoms with van der Waals surface area (Å²) in [6.07, 6.45) is -8.59. The number of rotatable bonds is 3. The molecule has 2 amide bonds. The van der Waals surface area contributed by atoms with Crippen molar-refractivity contribution >= 4 is 23.7 Å². The van der Waals surface area contributed by atoms with Crippen LogP contribution in [-0.4, -0.2) is 18.0 Å². The van der Waals surface area contributed by atoms with Crippen LogP contribution < -0.4 is 10.7 Å². The van der Waals surface area contributed by atoms with Gasteiger partial charge in [-0.15, -0.1) is 0 Å². The van der Waals surface area contributed by atoms with Crippen LogP contribution in [0.1, 0.15) is 16.7 Å². The molecule has 0 aliphatic carbocycles. The molecule has 11 heteroatoms. The SMILES string of the molecule is O=C(N/N=C\c1ccccc1C(F)(F)F)C(=O)Nc1cccc(C(F)(F)F)c1. The van der Waals surface area contributed by atoms with E-state index >= 15 is 0 Å². The Morgan fingerprint density at radius 3 is 2.18 bits per heavy atom. The van der Waals surface area contributed by atoms with E-state index in [1.54, 1.807) is 5.43 Å². The second-order valence-electron chi connectivity index (χ2n) is 5.32. The Hall–Kier alpha value is -3.37. The van der Waals surface area contributed by atoms with Crippen molar-refractivity contribution < 1.29 is 35.9 Å². The molecule has 148 valence electrons. The smallest absolute Gasteiger partial charge is 0.318 e. The number of halogens is 6. The second-order valence-corrected chi connectivity index (χ2v) is 5.32. The van der Waals surface area contributed by atoms with Crippen LogP contribution in [0.4, 0.5) is 32.0 Å². The van der Waals surface area contributed by atoms with Crippen molar-refractivity contribution in [3.05, 3.63) is 65.2 Å². The highest BCUT2D eigenvalue weighted by Gasteiger charge is 2.32. The molecule has 0 fully saturated rings. The van der Waals surface area contributed by atoms with Gasteiger partial charge in [0, 0.05) is 11.3 Å². The molecule has 0 heterocycles. The topological polar surface area (TPSA) is 70.6 Å². The normalized spacial score (nSPS) is 12.1. The van der Waals surface area contributed by atoms with E-state index in [1.807, 2.05) is 5.32 Å². The maximum absolute atomic E-state index is 12.8. The first-order chi connectivity index (χ1) is 13.0. The van der Waals surface area contributed by atoms with E-state index in [9.17, 15) is 35.9 Å².